The van der Waals surface area contributed by atoms with Gasteiger partial charge < -0.3 is 10.5 Å². The highest BCUT2D eigenvalue weighted by molar-refractivity contribution is 7.99. The van der Waals surface area contributed by atoms with E-state index in [0.29, 0.717) is 10.9 Å². The first-order valence-electron chi connectivity index (χ1n) is 5.18. The van der Waals surface area contributed by atoms with Gasteiger partial charge in [-0.15, -0.1) is 11.8 Å². The van der Waals surface area contributed by atoms with Gasteiger partial charge in [0.15, 0.2) is 0 Å². The predicted octanol–water partition coefficient (Wildman–Crippen LogP) is 1.97. The highest BCUT2D eigenvalue weighted by atomic mass is 32.2. The molecule has 0 aromatic carbocycles. The van der Waals surface area contributed by atoms with Gasteiger partial charge in [-0.25, -0.2) is 4.79 Å². The minimum atomic E-state index is -0.486. The van der Waals surface area contributed by atoms with Gasteiger partial charge in [-0.1, -0.05) is 12.2 Å². The molecule has 1 amide bonds. The van der Waals surface area contributed by atoms with Gasteiger partial charge >= 0.3 is 6.09 Å². The molecule has 16 heavy (non-hydrogen) atoms. The van der Waals surface area contributed by atoms with Crippen molar-refractivity contribution in [1.29, 1.82) is 0 Å². The molecular formula is C10H18N2O2S2. The second-order valence-electron chi connectivity index (χ2n) is 4.69. The summed E-state index contributed by atoms with van der Waals surface area (Å²) in [6.07, 6.45) is 0.469. The first-order chi connectivity index (χ1) is 7.31. The highest BCUT2D eigenvalue weighted by Gasteiger charge is 2.32. The SMILES string of the molecule is CC(C)(C)OC(=O)N1CSCCC1C(N)=S. The maximum Gasteiger partial charge on any atom is 0.411 e. The normalized spacial score (nSPS) is 21.7. The topological polar surface area (TPSA) is 55.6 Å². The lowest BCUT2D eigenvalue weighted by Gasteiger charge is -2.35. The second kappa shape index (κ2) is 5.23. The summed E-state index contributed by atoms with van der Waals surface area (Å²) in [6, 6.07) is -0.161. The number of amides is 1. The van der Waals surface area contributed by atoms with Gasteiger partial charge in [0.05, 0.1) is 16.9 Å². The maximum absolute atomic E-state index is 11.9. The van der Waals surface area contributed by atoms with Crippen LogP contribution in [0.4, 0.5) is 4.79 Å². The molecule has 2 N–H and O–H groups in total. The minimum absolute atomic E-state index is 0.161. The van der Waals surface area contributed by atoms with Gasteiger partial charge in [-0.2, -0.15) is 0 Å². The van der Waals surface area contributed by atoms with Crippen LogP contribution in [-0.2, 0) is 4.74 Å². The molecule has 1 unspecified atom stereocenters. The van der Waals surface area contributed by atoms with Crippen LogP contribution in [0.5, 0.6) is 0 Å². The summed E-state index contributed by atoms with van der Waals surface area (Å²) in [5.41, 5.74) is 5.15. The summed E-state index contributed by atoms with van der Waals surface area (Å²) >= 11 is 6.66. The minimum Gasteiger partial charge on any atom is -0.444 e. The number of carbonyl (C=O) groups is 1. The summed E-state index contributed by atoms with van der Waals surface area (Å²) in [4.78, 5) is 13.9. The Hall–Kier alpha value is -0.490. The molecular weight excluding hydrogens is 244 g/mol. The van der Waals surface area contributed by atoms with Gasteiger partial charge in [0.1, 0.15) is 5.60 Å². The molecule has 4 nitrogen and oxygen atoms in total. The average molecular weight is 262 g/mol. The lowest BCUT2D eigenvalue weighted by Crippen LogP contribution is -2.50. The molecule has 1 atom stereocenters. The van der Waals surface area contributed by atoms with Crippen LogP contribution < -0.4 is 5.73 Å². The fraction of sp³-hybridized carbons (Fsp3) is 0.800. The van der Waals surface area contributed by atoms with Crippen LogP contribution in [0.3, 0.4) is 0 Å². The van der Waals surface area contributed by atoms with E-state index >= 15 is 0 Å². The van der Waals surface area contributed by atoms with E-state index in [9.17, 15) is 4.79 Å². The standard InChI is InChI=1S/C10H18N2O2S2/c1-10(2,3)14-9(13)12-6-16-5-4-7(12)8(11)15/h7H,4-6H2,1-3H3,(H2,11,15). The van der Waals surface area contributed by atoms with E-state index in [1.54, 1.807) is 16.7 Å². The third kappa shape index (κ3) is 3.83. The number of thiocarbonyl (C=S) groups is 1. The van der Waals surface area contributed by atoms with Crippen LogP contribution in [0.2, 0.25) is 0 Å². The molecule has 1 fully saturated rings. The van der Waals surface area contributed by atoms with E-state index in [1.165, 1.54) is 0 Å². The Labute approximate surface area is 106 Å². The van der Waals surface area contributed by atoms with E-state index in [2.05, 4.69) is 0 Å². The van der Waals surface area contributed by atoms with Gasteiger partial charge in [-0.05, 0) is 32.9 Å². The van der Waals surface area contributed by atoms with E-state index in [0.717, 1.165) is 12.2 Å². The lowest BCUT2D eigenvalue weighted by atomic mass is 10.2. The molecule has 92 valence electrons. The van der Waals surface area contributed by atoms with Crippen molar-refractivity contribution in [2.24, 2.45) is 5.73 Å². The van der Waals surface area contributed by atoms with Crippen molar-refractivity contribution in [2.45, 2.75) is 38.8 Å². The van der Waals surface area contributed by atoms with Crippen LogP contribution >= 0.6 is 24.0 Å². The Kier molecular flexibility index (Phi) is 4.43. The summed E-state index contributed by atoms with van der Waals surface area (Å²) in [7, 11) is 0. The quantitative estimate of drug-likeness (QED) is 0.732. The molecule has 0 spiro atoms. The van der Waals surface area contributed by atoms with Crippen molar-refractivity contribution < 1.29 is 9.53 Å². The van der Waals surface area contributed by atoms with Crippen LogP contribution in [-0.4, -0.2) is 39.3 Å². The number of hydrogen-bond acceptors (Lipinski definition) is 4. The number of rotatable bonds is 1. The van der Waals surface area contributed by atoms with Crippen molar-refractivity contribution >= 4 is 35.1 Å². The van der Waals surface area contributed by atoms with Gasteiger partial charge in [-0.3, -0.25) is 4.90 Å². The van der Waals surface area contributed by atoms with E-state index in [1.807, 2.05) is 20.8 Å². The summed E-state index contributed by atoms with van der Waals surface area (Å²) in [6.45, 7) is 5.54. The predicted molar refractivity (Wildman–Crippen MR) is 70.6 cm³/mol. The molecule has 1 rings (SSSR count). The molecule has 0 aromatic rings. The van der Waals surface area contributed by atoms with Crippen LogP contribution in [0.25, 0.3) is 0 Å². The first-order valence-corrected chi connectivity index (χ1v) is 6.74. The maximum atomic E-state index is 11.9. The smallest absolute Gasteiger partial charge is 0.411 e. The molecule has 1 heterocycles. The first kappa shape index (κ1) is 13.6. The summed E-state index contributed by atoms with van der Waals surface area (Å²) < 4.78 is 5.32. The van der Waals surface area contributed by atoms with E-state index < -0.39 is 5.60 Å². The molecule has 6 heteroatoms. The fourth-order valence-corrected chi connectivity index (χ4v) is 2.65. The number of thioether (sulfide) groups is 1. The van der Waals surface area contributed by atoms with Crippen molar-refractivity contribution in [3.8, 4) is 0 Å². The van der Waals surface area contributed by atoms with Gasteiger partial charge in [0, 0.05) is 0 Å². The fourth-order valence-electron chi connectivity index (χ4n) is 1.40. The highest BCUT2D eigenvalue weighted by Crippen LogP contribution is 2.22. The zero-order valence-corrected chi connectivity index (χ0v) is 11.5. The van der Waals surface area contributed by atoms with Gasteiger partial charge in [0.25, 0.3) is 0 Å². The van der Waals surface area contributed by atoms with Gasteiger partial charge in [0.2, 0.25) is 0 Å². The summed E-state index contributed by atoms with van der Waals surface area (Å²) in [5.74, 6) is 1.57. The number of carbonyl (C=O) groups excluding carboxylic acids is 1. The molecule has 1 aliphatic rings. The number of nitrogens with two attached hydrogens (primary N) is 1. The van der Waals surface area contributed by atoms with E-state index in [-0.39, 0.29) is 12.1 Å². The molecule has 0 saturated carbocycles. The third-order valence-electron chi connectivity index (χ3n) is 2.10. The number of nitrogens with zero attached hydrogens (tertiary/aromatic N) is 1. The number of hydrogen-bond donors (Lipinski definition) is 1. The number of ether oxygens (including phenoxy) is 1. The van der Waals surface area contributed by atoms with Crippen molar-refractivity contribution in [3.63, 3.8) is 0 Å². The molecule has 1 saturated heterocycles. The monoisotopic (exact) mass is 262 g/mol. The molecule has 1 aliphatic heterocycles. The largest absolute Gasteiger partial charge is 0.444 e. The third-order valence-corrected chi connectivity index (χ3v) is 3.36. The molecule has 0 bridgehead atoms. The summed E-state index contributed by atoms with van der Waals surface area (Å²) in [5, 5.41) is 0. The lowest BCUT2D eigenvalue weighted by molar-refractivity contribution is 0.0247. The van der Waals surface area contributed by atoms with Crippen LogP contribution in [0, 0.1) is 0 Å². The average Bonchev–Trinajstić information content (AvgIpc) is 2.15. The van der Waals surface area contributed by atoms with Crippen LogP contribution in [0.15, 0.2) is 0 Å². The van der Waals surface area contributed by atoms with E-state index in [4.69, 9.17) is 22.7 Å². The molecule has 0 radical (unpaired) electrons. The Morgan fingerprint density at radius 1 is 1.56 bits per heavy atom. The van der Waals surface area contributed by atoms with Crippen molar-refractivity contribution in [1.82, 2.24) is 4.90 Å². The Bertz CT molecular complexity index is 289. The Balaban J connectivity index is 2.68. The van der Waals surface area contributed by atoms with Crippen LogP contribution in [0.1, 0.15) is 27.2 Å². The van der Waals surface area contributed by atoms with Crippen molar-refractivity contribution in [3.05, 3.63) is 0 Å². The Morgan fingerprint density at radius 3 is 2.69 bits per heavy atom. The molecule has 0 aliphatic carbocycles. The second-order valence-corrected chi connectivity index (χ2v) is 6.24. The molecule has 0 aromatic heterocycles. The van der Waals surface area contributed by atoms with Crippen molar-refractivity contribution in [2.75, 3.05) is 11.6 Å². The Morgan fingerprint density at radius 2 is 2.19 bits per heavy atom. The zero-order valence-electron chi connectivity index (χ0n) is 9.86. The zero-order chi connectivity index (χ0) is 12.3.